The Hall–Kier alpha value is -2.91. The molecule has 1 N–H and O–H groups in total. The molecule has 3 aromatic carbocycles. The predicted molar refractivity (Wildman–Crippen MR) is 116 cm³/mol. The van der Waals surface area contributed by atoms with Gasteiger partial charge in [-0.05, 0) is 36.4 Å². The molecule has 4 nitrogen and oxygen atoms in total. The van der Waals surface area contributed by atoms with Crippen molar-refractivity contribution in [2.24, 2.45) is 0 Å². The number of hydrogen-bond acceptors (Lipinski definition) is 3. The average Bonchev–Trinajstić information content (AvgIpc) is 2.77. The molecule has 33 heavy (non-hydrogen) atoms. The summed E-state index contributed by atoms with van der Waals surface area (Å²) in [5.41, 5.74) is 0.0192. The van der Waals surface area contributed by atoms with Gasteiger partial charge in [0.1, 0.15) is 5.75 Å². The predicted octanol–water partition coefficient (Wildman–Crippen LogP) is 7.69. The minimum Gasteiger partial charge on any atom is -0.505 e. The van der Waals surface area contributed by atoms with Gasteiger partial charge in [-0.25, -0.2) is 18.0 Å². The Kier molecular flexibility index (Phi) is 11.0. The number of phenols is 1. The van der Waals surface area contributed by atoms with Crippen LogP contribution in [0.2, 0.25) is 0 Å². The first-order valence-corrected chi connectivity index (χ1v) is 9.96. The van der Waals surface area contributed by atoms with E-state index in [-0.39, 0.29) is 17.2 Å². The Morgan fingerprint density at radius 2 is 1.12 bits per heavy atom. The van der Waals surface area contributed by atoms with E-state index in [4.69, 9.17) is 11.7 Å². The summed E-state index contributed by atoms with van der Waals surface area (Å²) in [6.45, 7) is 6.56. The molecule has 12 heteroatoms. The maximum Gasteiger partial charge on any atom is 0.200 e. The van der Waals surface area contributed by atoms with E-state index in [1.54, 1.807) is 0 Å². The fourth-order valence-corrected chi connectivity index (χ4v) is 2.81. The average molecular weight is 601 g/mol. The third-order valence-corrected chi connectivity index (χ3v) is 4.40. The summed E-state index contributed by atoms with van der Waals surface area (Å²) in [6.07, 6.45) is 0. The number of hydrogen-bond donors (Lipinski definition) is 1. The van der Waals surface area contributed by atoms with Crippen LogP contribution in [0, 0.1) is 41.5 Å². The van der Waals surface area contributed by atoms with E-state index < -0.39 is 40.7 Å². The molecule has 0 aliphatic rings. The first-order chi connectivity index (χ1) is 15.4. The molecule has 0 spiro atoms. The highest BCUT2D eigenvalue weighted by molar-refractivity contribution is 9.10. The van der Waals surface area contributed by atoms with Gasteiger partial charge >= 0.3 is 0 Å². The van der Waals surface area contributed by atoms with Crippen molar-refractivity contribution in [1.82, 2.24) is 0 Å². The largest absolute Gasteiger partial charge is 0.505 e. The van der Waals surface area contributed by atoms with Crippen LogP contribution in [0.5, 0.6) is 17.2 Å². The van der Waals surface area contributed by atoms with Crippen LogP contribution in [-0.4, -0.2) is 19.3 Å². The van der Waals surface area contributed by atoms with Crippen LogP contribution in [0.3, 0.4) is 0 Å². The molecule has 0 atom stereocenters. The molecule has 0 aliphatic heterocycles. The molecule has 0 amide bonds. The molecule has 3 rings (SSSR count). The van der Waals surface area contributed by atoms with Gasteiger partial charge in [-0.1, -0.05) is 31.9 Å². The Bertz CT molecular complexity index is 1150. The molecule has 0 aromatic heterocycles. The van der Waals surface area contributed by atoms with Gasteiger partial charge in [-0.15, -0.1) is 0 Å². The molecule has 0 saturated carbocycles. The summed E-state index contributed by atoms with van der Waals surface area (Å²) >= 11 is 5.88. The monoisotopic (exact) mass is 599 g/mol. The smallest absolute Gasteiger partial charge is 0.200 e. The molecular formula is C21H13Br2F6NO3. The Morgan fingerprint density at radius 1 is 0.697 bits per heavy atom. The van der Waals surface area contributed by atoms with Gasteiger partial charge in [0.2, 0.25) is 5.82 Å². The number of methoxy groups -OCH3 is 2. The van der Waals surface area contributed by atoms with Crippen LogP contribution in [0.1, 0.15) is 0 Å². The number of halogens is 8. The van der Waals surface area contributed by atoms with Crippen LogP contribution in [-0.2, 0) is 0 Å². The van der Waals surface area contributed by atoms with Crippen LogP contribution >= 0.6 is 31.9 Å². The molecule has 0 saturated heterocycles. The third-order valence-electron chi connectivity index (χ3n) is 3.48. The van der Waals surface area contributed by atoms with Crippen molar-refractivity contribution in [3.05, 3.63) is 91.7 Å². The van der Waals surface area contributed by atoms with Crippen molar-refractivity contribution in [3.63, 3.8) is 0 Å². The van der Waals surface area contributed by atoms with Crippen molar-refractivity contribution in [2.45, 2.75) is 0 Å². The molecular weight excluding hydrogens is 588 g/mol. The Labute approximate surface area is 201 Å². The highest BCUT2D eigenvalue weighted by Gasteiger charge is 2.11. The van der Waals surface area contributed by atoms with E-state index in [9.17, 15) is 26.3 Å². The van der Waals surface area contributed by atoms with E-state index in [2.05, 4.69) is 46.2 Å². The summed E-state index contributed by atoms with van der Waals surface area (Å²) in [5.74, 6) is -7.34. The zero-order valence-corrected chi connectivity index (χ0v) is 19.9. The first kappa shape index (κ1) is 28.1. The summed E-state index contributed by atoms with van der Waals surface area (Å²) < 4.78 is 84.9. The number of nitrogens with zero attached hydrogens (tertiary/aromatic N) is 1. The maximum atomic E-state index is 12.7. The normalized spacial score (nSPS) is 9.61. The Balaban J connectivity index is 0.000000249. The molecule has 0 heterocycles. The van der Waals surface area contributed by atoms with Crippen molar-refractivity contribution >= 4 is 37.5 Å². The van der Waals surface area contributed by atoms with Crippen LogP contribution in [0.15, 0.2) is 45.3 Å². The quantitative estimate of drug-likeness (QED) is 0.186. The second kappa shape index (κ2) is 13.0. The first-order valence-electron chi connectivity index (χ1n) is 8.37. The van der Waals surface area contributed by atoms with Crippen molar-refractivity contribution in [1.29, 1.82) is 0 Å². The lowest BCUT2D eigenvalue weighted by atomic mass is 10.3. The molecule has 0 bridgehead atoms. The highest BCUT2D eigenvalue weighted by Crippen LogP contribution is 2.27. The SMILES string of the molecule is COc1cc(Br)cc(F)c1F.Oc1cc(Br)cc(F)c1F.[C-]#[N+]c1cc(F)c(F)c(OC)c1. The lowest BCUT2D eigenvalue weighted by Crippen LogP contribution is -1.91. The topological polar surface area (TPSA) is 43.0 Å². The lowest BCUT2D eigenvalue weighted by Gasteiger charge is -2.02. The van der Waals surface area contributed by atoms with Gasteiger partial charge < -0.3 is 14.6 Å². The zero-order valence-electron chi connectivity index (χ0n) is 16.7. The number of aromatic hydroxyl groups is 1. The number of benzene rings is 3. The van der Waals surface area contributed by atoms with Gasteiger partial charge in [0.25, 0.3) is 0 Å². The molecule has 0 aliphatic carbocycles. The fraction of sp³-hybridized carbons (Fsp3) is 0.0952. The molecule has 176 valence electrons. The zero-order chi connectivity index (χ0) is 25.3. The van der Waals surface area contributed by atoms with Gasteiger partial charge in [0.15, 0.2) is 46.3 Å². The van der Waals surface area contributed by atoms with E-state index in [0.29, 0.717) is 8.95 Å². The van der Waals surface area contributed by atoms with E-state index in [0.717, 1.165) is 30.3 Å². The molecule has 0 unspecified atom stereocenters. The number of ether oxygens (including phenoxy) is 2. The van der Waals surface area contributed by atoms with Crippen LogP contribution in [0.4, 0.5) is 32.0 Å². The number of rotatable bonds is 2. The van der Waals surface area contributed by atoms with Crippen LogP contribution < -0.4 is 9.47 Å². The van der Waals surface area contributed by atoms with Gasteiger partial charge in [0.05, 0.1) is 20.8 Å². The van der Waals surface area contributed by atoms with Crippen molar-refractivity contribution in [3.8, 4) is 17.2 Å². The third kappa shape index (κ3) is 8.18. The maximum absolute atomic E-state index is 12.7. The minimum absolute atomic E-state index is 0.0192. The van der Waals surface area contributed by atoms with Gasteiger partial charge in [-0.2, -0.15) is 13.2 Å². The number of phenolic OH excluding ortho intramolecular Hbond substituents is 1. The lowest BCUT2D eigenvalue weighted by molar-refractivity contribution is 0.371. The van der Waals surface area contributed by atoms with Gasteiger partial charge in [0, 0.05) is 8.95 Å². The van der Waals surface area contributed by atoms with Crippen molar-refractivity contribution in [2.75, 3.05) is 14.2 Å². The Morgan fingerprint density at radius 3 is 1.58 bits per heavy atom. The van der Waals surface area contributed by atoms with E-state index in [1.807, 2.05) is 0 Å². The molecule has 3 aromatic rings. The van der Waals surface area contributed by atoms with E-state index >= 15 is 0 Å². The van der Waals surface area contributed by atoms with Gasteiger partial charge in [-0.3, -0.25) is 0 Å². The summed E-state index contributed by atoms with van der Waals surface area (Å²) in [7, 11) is 2.50. The van der Waals surface area contributed by atoms with E-state index in [1.165, 1.54) is 20.3 Å². The molecule has 0 fully saturated rings. The summed E-state index contributed by atoms with van der Waals surface area (Å²) in [6, 6.07) is 6.39. The standard InChI is InChI=1S/C8H5F2NO.C7H5BrF2O.C6H3BrF2O/c1-11-5-3-6(9)8(10)7(4-5)12-2;1-11-6-3-4(8)2-5(9)7(6)10;7-3-1-4(8)6(9)5(10)2-3/h3-4H,2H3;2-3H,1H3;1-2,10H. The second-order valence-electron chi connectivity index (χ2n) is 5.68. The summed E-state index contributed by atoms with van der Waals surface area (Å²) in [4.78, 5) is 2.94. The molecule has 0 radical (unpaired) electrons. The second-order valence-corrected chi connectivity index (χ2v) is 7.51. The minimum atomic E-state index is -1.22. The fourth-order valence-electron chi connectivity index (χ4n) is 1.99. The van der Waals surface area contributed by atoms with Crippen molar-refractivity contribution < 1.29 is 40.9 Å². The van der Waals surface area contributed by atoms with Crippen LogP contribution in [0.25, 0.3) is 4.85 Å². The summed E-state index contributed by atoms with van der Waals surface area (Å²) in [5, 5.41) is 8.64. The highest BCUT2D eigenvalue weighted by atomic mass is 79.9.